The quantitative estimate of drug-likeness (QED) is 0.231. The van der Waals surface area contributed by atoms with Crippen molar-refractivity contribution in [2.75, 3.05) is 62.4 Å². The summed E-state index contributed by atoms with van der Waals surface area (Å²) < 4.78 is 12.5. The highest BCUT2D eigenvalue weighted by Crippen LogP contribution is 2.34. The number of rotatable bonds is 6. The van der Waals surface area contributed by atoms with E-state index in [1.165, 1.54) is 6.07 Å². The van der Waals surface area contributed by atoms with E-state index < -0.39 is 10.7 Å². The Balaban J connectivity index is 1.61. The maximum absolute atomic E-state index is 11.9. The zero-order valence-corrected chi connectivity index (χ0v) is 20.0. The Morgan fingerprint density at radius 2 is 1.62 bits per heavy atom. The number of nitrogens with zero attached hydrogens (tertiary/aromatic N) is 7. The minimum Gasteiger partial charge on any atom is -0.506 e. The number of para-hydroxylation sites is 1. The molecule has 0 radical (unpaired) electrons. The number of nitro benzene ring substituents is 1. The minimum atomic E-state index is -0.489. The lowest BCUT2D eigenvalue weighted by atomic mass is 10.1. The van der Waals surface area contributed by atoms with Crippen molar-refractivity contribution in [2.45, 2.75) is 0 Å². The van der Waals surface area contributed by atoms with Crippen LogP contribution in [0.25, 0.3) is 17.0 Å². The predicted octanol–water partition coefficient (Wildman–Crippen LogP) is 2.80. The van der Waals surface area contributed by atoms with E-state index in [9.17, 15) is 20.5 Å². The van der Waals surface area contributed by atoms with Gasteiger partial charge in [0.2, 0.25) is 5.95 Å². The molecule has 5 rings (SSSR count). The van der Waals surface area contributed by atoms with Gasteiger partial charge in [-0.2, -0.15) is 5.26 Å². The number of ether oxygens (including phenoxy) is 2. The van der Waals surface area contributed by atoms with Crippen molar-refractivity contribution in [3.05, 3.63) is 70.0 Å². The number of anilines is 2. The van der Waals surface area contributed by atoms with Crippen LogP contribution in [0.4, 0.5) is 17.3 Å². The summed E-state index contributed by atoms with van der Waals surface area (Å²) in [6.07, 6.45) is 0. The zero-order valence-electron chi connectivity index (χ0n) is 20.0. The molecule has 12 nitrogen and oxygen atoms in total. The molecule has 0 atom stereocenters. The first-order valence-electron chi connectivity index (χ1n) is 11.9. The molecule has 0 unspecified atom stereocenters. The lowest BCUT2D eigenvalue weighted by molar-refractivity contribution is -0.384. The fraction of sp³-hybridized carbons (Fsp3) is 0.320. The molecular formula is C25H25N7O5. The van der Waals surface area contributed by atoms with Crippen molar-refractivity contribution < 1.29 is 19.5 Å². The van der Waals surface area contributed by atoms with E-state index >= 15 is 0 Å². The Hall–Kier alpha value is -4.47. The summed E-state index contributed by atoms with van der Waals surface area (Å²) in [6.45, 7) is 4.25. The van der Waals surface area contributed by atoms with Crippen LogP contribution in [0.15, 0.2) is 48.5 Å². The normalized spacial score (nSPS) is 16.7. The number of benzene rings is 2. The molecule has 3 heterocycles. The highest BCUT2D eigenvalue weighted by atomic mass is 16.6. The summed E-state index contributed by atoms with van der Waals surface area (Å²) in [7, 11) is 0. The summed E-state index contributed by atoms with van der Waals surface area (Å²) in [5.74, 6) is 0.225. The average Bonchev–Trinajstić information content (AvgIpc) is 3.39. The molecule has 2 saturated heterocycles. The third kappa shape index (κ3) is 4.82. The first-order chi connectivity index (χ1) is 18.1. The van der Waals surface area contributed by atoms with Gasteiger partial charge >= 0.3 is 0 Å². The summed E-state index contributed by atoms with van der Waals surface area (Å²) >= 11 is 0. The summed E-state index contributed by atoms with van der Waals surface area (Å²) in [5, 5.41) is 41.8. The number of morpholine rings is 2. The molecule has 2 aromatic carbocycles. The minimum absolute atomic E-state index is 0.132. The largest absolute Gasteiger partial charge is 0.506 e. The molecule has 1 N–H and O–H groups in total. The zero-order chi connectivity index (χ0) is 25.8. The van der Waals surface area contributed by atoms with Crippen molar-refractivity contribution in [2.24, 2.45) is 0 Å². The molecule has 37 heavy (non-hydrogen) atoms. The number of aliphatic hydroxyl groups excluding tert-OH is 1. The van der Waals surface area contributed by atoms with Gasteiger partial charge in [0.25, 0.3) is 5.69 Å². The van der Waals surface area contributed by atoms with Gasteiger partial charge in [-0.15, -0.1) is 10.2 Å². The maximum Gasteiger partial charge on any atom is 0.293 e. The SMILES string of the molecule is N#CC(=C(O)c1ccc(N2CCOCC2)c([N+](=O)[O-])c1)c1nnc(N2CCOCC2)n1-c1ccccc1. The van der Waals surface area contributed by atoms with E-state index in [0.29, 0.717) is 69.9 Å². The Bertz CT molecular complexity index is 1350. The fourth-order valence-corrected chi connectivity index (χ4v) is 4.46. The van der Waals surface area contributed by atoms with Gasteiger partial charge < -0.3 is 24.4 Å². The molecule has 2 aliphatic heterocycles. The molecule has 3 aromatic rings. The van der Waals surface area contributed by atoms with Crippen LogP contribution in [0.5, 0.6) is 0 Å². The van der Waals surface area contributed by atoms with Crippen LogP contribution in [0.2, 0.25) is 0 Å². The van der Waals surface area contributed by atoms with Gasteiger partial charge in [-0.05, 0) is 24.3 Å². The van der Waals surface area contributed by atoms with Gasteiger partial charge in [-0.25, -0.2) is 0 Å². The number of aromatic nitrogens is 3. The lowest BCUT2D eigenvalue weighted by Crippen LogP contribution is -2.38. The first-order valence-corrected chi connectivity index (χ1v) is 11.9. The first kappa shape index (κ1) is 24.2. The van der Waals surface area contributed by atoms with Crippen LogP contribution >= 0.6 is 0 Å². The van der Waals surface area contributed by atoms with E-state index in [1.54, 1.807) is 16.7 Å². The third-order valence-electron chi connectivity index (χ3n) is 6.32. The van der Waals surface area contributed by atoms with E-state index in [-0.39, 0.29) is 22.6 Å². The van der Waals surface area contributed by atoms with Crippen LogP contribution in [-0.2, 0) is 9.47 Å². The molecule has 2 fully saturated rings. The molecule has 12 heteroatoms. The van der Waals surface area contributed by atoms with Gasteiger partial charge in [0.05, 0.1) is 37.0 Å². The van der Waals surface area contributed by atoms with E-state index in [4.69, 9.17) is 9.47 Å². The molecule has 190 valence electrons. The highest BCUT2D eigenvalue weighted by Gasteiger charge is 2.27. The Labute approximate surface area is 212 Å². The Morgan fingerprint density at radius 3 is 2.24 bits per heavy atom. The predicted molar refractivity (Wildman–Crippen MR) is 136 cm³/mol. The molecular weight excluding hydrogens is 478 g/mol. The van der Waals surface area contributed by atoms with Crippen LogP contribution in [-0.4, -0.2) is 77.4 Å². The number of aliphatic hydroxyl groups is 1. The smallest absolute Gasteiger partial charge is 0.293 e. The van der Waals surface area contributed by atoms with Crippen LogP contribution < -0.4 is 9.80 Å². The van der Waals surface area contributed by atoms with Gasteiger partial charge in [0.1, 0.15) is 23.1 Å². The molecule has 0 amide bonds. The average molecular weight is 504 g/mol. The molecule has 1 aromatic heterocycles. The molecule has 2 aliphatic rings. The van der Waals surface area contributed by atoms with E-state index in [2.05, 4.69) is 10.2 Å². The maximum atomic E-state index is 11.9. The fourth-order valence-electron chi connectivity index (χ4n) is 4.46. The molecule has 0 bridgehead atoms. The molecule has 0 saturated carbocycles. The van der Waals surface area contributed by atoms with Crippen LogP contribution in [0.1, 0.15) is 11.4 Å². The topological polar surface area (TPSA) is 143 Å². The van der Waals surface area contributed by atoms with Gasteiger partial charge in [0, 0.05) is 37.8 Å². The standard InChI is InChI=1S/C25H25N7O5/c26-17-20(23(33)18-6-7-21(22(16-18)32(34)35)29-8-12-36-13-9-29)24-27-28-25(30-10-14-37-15-11-30)31(24)19-4-2-1-3-5-19/h1-7,16,33H,8-15H2. The molecule has 0 spiro atoms. The number of nitriles is 1. The Kier molecular flexibility index (Phi) is 6.98. The highest BCUT2D eigenvalue weighted by molar-refractivity contribution is 5.93. The van der Waals surface area contributed by atoms with Crippen LogP contribution in [0, 0.1) is 21.4 Å². The van der Waals surface area contributed by atoms with Crippen molar-refractivity contribution >= 4 is 28.7 Å². The van der Waals surface area contributed by atoms with Crippen molar-refractivity contribution in [3.63, 3.8) is 0 Å². The van der Waals surface area contributed by atoms with Crippen molar-refractivity contribution in [3.8, 4) is 11.8 Å². The van der Waals surface area contributed by atoms with E-state index in [1.807, 2.05) is 46.2 Å². The second kappa shape index (κ2) is 10.7. The number of hydrogen-bond donors (Lipinski definition) is 1. The van der Waals surface area contributed by atoms with Crippen molar-refractivity contribution in [1.29, 1.82) is 5.26 Å². The number of allylic oxidation sites excluding steroid dienone is 1. The third-order valence-corrected chi connectivity index (χ3v) is 6.32. The summed E-state index contributed by atoms with van der Waals surface area (Å²) in [5.41, 5.74) is 0.963. The summed E-state index contributed by atoms with van der Waals surface area (Å²) in [4.78, 5) is 15.3. The second-order valence-corrected chi connectivity index (χ2v) is 8.49. The van der Waals surface area contributed by atoms with E-state index in [0.717, 1.165) is 0 Å². The second-order valence-electron chi connectivity index (χ2n) is 8.49. The molecule has 0 aliphatic carbocycles. The summed E-state index contributed by atoms with van der Waals surface area (Å²) in [6, 6.07) is 15.8. The van der Waals surface area contributed by atoms with Gasteiger partial charge in [-0.3, -0.25) is 14.7 Å². The number of hydrogen-bond acceptors (Lipinski definition) is 10. The van der Waals surface area contributed by atoms with Gasteiger partial charge in [-0.1, -0.05) is 18.2 Å². The van der Waals surface area contributed by atoms with Gasteiger partial charge in [0.15, 0.2) is 5.82 Å². The van der Waals surface area contributed by atoms with Crippen molar-refractivity contribution in [1.82, 2.24) is 14.8 Å². The Morgan fingerprint density at radius 1 is 0.973 bits per heavy atom. The lowest BCUT2D eigenvalue weighted by Gasteiger charge is -2.28. The van der Waals surface area contributed by atoms with Crippen LogP contribution in [0.3, 0.4) is 0 Å². The monoisotopic (exact) mass is 503 g/mol. The number of nitro groups is 1.